The molecule has 1 aromatic carbocycles. The third-order valence-electron chi connectivity index (χ3n) is 4.30. The number of nitrogens with zero attached hydrogens (tertiary/aromatic N) is 2. The molecule has 9 nitrogen and oxygen atoms in total. The summed E-state index contributed by atoms with van der Waals surface area (Å²) in [7, 11) is 0. The number of halogens is 2. The second kappa shape index (κ2) is 10.5. The first-order chi connectivity index (χ1) is 14.4. The van der Waals surface area contributed by atoms with Crippen LogP contribution in [0.2, 0.25) is 5.02 Å². The number of rotatable bonds is 8. The minimum absolute atomic E-state index is 0.0259. The zero-order chi connectivity index (χ0) is 21.5. The molecule has 0 aliphatic carbocycles. The molecule has 3 rings (SSSR count). The Morgan fingerprint density at radius 1 is 1.37 bits per heavy atom. The number of aromatic nitrogens is 1. The molecule has 2 heterocycles. The van der Waals surface area contributed by atoms with Crippen molar-refractivity contribution in [1.29, 1.82) is 0 Å². The number of hydrogen-bond donors (Lipinski definition) is 3. The molecule has 162 valence electrons. The Hall–Kier alpha value is -2.47. The second-order valence-corrected chi connectivity index (χ2v) is 7.57. The third kappa shape index (κ3) is 6.02. The summed E-state index contributed by atoms with van der Waals surface area (Å²) >= 11 is 6.48. The molecule has 0 atom stereocenters. The van der Waals surface area contributed by atoms with E-state index in [9.17, 15) is 19.1 Å². The highest BCUT2D eigenvalue weighted by Gasteiger charge is 2.24. The van der Waals surface area contributed by atoms with E-state index in [1.165, 1.54) is 12.1 Å². The van der Waals surface area contributed by atoms with Crippen LogP contribution < -0.4 is 15.4 Å². The highest BCUT2D eigenvalue weighted by Crippen LogP contribution is 2.31. The molecule has 0 unspecified atom stereocenters. The van der Waals surface area contributed by atoms with Crippen LogP contribution in [0, 0.1) is 5.82 Å². The standard InChI is InChI=1S/C18H20ClFN4O5S/c19-12-2-1-11(13(20)9-12)10-29-15-14(17(25)26)16(30-23-15)22-18(27)21-3-4-24-5-7-28-8-6-24/h1-2,9H,3-8,10H2,(H,25,26)(H2,21,22,27). The number of aromatic carboxylic acids is 1. The van der Waals surface area contributed by atoms with Crippen molar-refractivity contribution in [2.24, 2.45) is 0 Å². The predicted molar refractivity (Wildman–Crippen MR) is 109 cm³/mol. The van der Waals surface area contributed by atoms with Gasteiger partial charge in [-0.25, -0.2) is 14.0 Å². The lowest BCUT2D eigenvalue weighted by Crippen LogP contribution is -2.42. The summed E-state index contributed by atoms with van der Waals surface area (Å²) in [6, 6.07) is 3.51. The molecule has 1 fully saturated rings. The number of anilines is 1. The Morgan fingerprint density at radius 2 is 2.13 bits per heavy atom. The summed E-state index contributed by atoms with van der Waals surface area (Å²) in [5, 5.41) is 14.9. The number of amides is 2. The van der Waals surface area contributed by atoms with Crippen molar-refractivity contribution in [2.75, 3.05) is 44.7 Å². The number of carboxylic acid groups (broad SMARTS) is 1. The average Bonchev–Trinajstić information content (AvgIpc) is 3.10. The number of ether oxygens (including phenoxy) is 2. The lowest BCUT2D eigenvalue weighted by molar-refractivity contribution is 0.0388. The Kier molecular flexibility index (Phi) is 7.80. The van der Waals surface area contributed by atoms with Gasteiger partial charge in [0, 0.05) is 36.8 Å². The van der Waals surface area contributed by atoms with Gasteiger partial charge in [0.15, 0.2) is 5.56 Å². The smallest absolute Gasteiger partial charge is 0.344 e. The molecule has 2 amide bonds. The highest BCUT2D eigenvalue weighted by molar-refractivity contribution is 7.11. The molecule has 2 aromatic rings. The van der Waals surface area contributed by atoms with Gasteiger partial charge in [-0.05, 0) is 23.7 Å². The molecule has 1 aliphatic rings. The number of benzene rings is 1. The Bertz CT molecular complexity index is 907. The van der Waals surface area contributed by atoms with E-state index < -0.39 is 17.8 Å². The van der Waals surface area contributed by atoms with Crippen molar-refractivity contribution < 1.29 is 28.6 Å². The first-order valence-electron chi connectivity index (χ1n) is 9.08. The maximum atomic E-state index is 13.9. The molecule has 30 heavy (non-hydrogen) atoms. The van der Waals surface area contributed by atoms with Crippen LogP contribution in [0.3, 0.4) is 0 Å². The van der Waals surface area contributed by atoms with Crippen LogP contribution in [0.4, 0.5) is 14.2 Å². The van der Waals surface area contributed by atoms with Crippen LogP contribution in [0.1, 0.15) is 15.9 Å². The van der Waals surface area contributed by atoms with Crippen molar-refractivity contribution in [3.05, 3.63) is 40.2 Å². The fourth-order valence-corrected chi connectivity index (χ4v) is 3.61. The largest absolute Gasteiger partial charge is 0.477 e. The zero-order valence-corrected chi connectivity index (χ0v) is 17.4. The Balaban J connectivity index is 1.56. The molecule has 3 N–H and O–H groups in total. The SMILES string of the molecule is O=C(NCCN1CCOCC1)Nc1snc(OCc2ccc(Cl)cc2F)c1C(=O)O. The monoisotopic (exact) mass is 458 g/mol. The van der Waals surface area contributed by atoms with Crippen LogP contribution in [-0.4, -0.2) is 65.8 Å². The molecule has 1 aliphatic heterocycles. The quantitative estimate of drug-likeness (QED) is 0.557. The minimum atomic E-state index is -1.32. The molecule has 1 aromatic heterocycles. The number of carbonyl (C=O) groups is 2. The first kappa shape index (κ1) is 22.2. The van der Waals surface area contributed by atoms with E-state index in [1.807, 2.05) is 0 Å². The normalized spacial score (nSPS) is 14.3. The van der Waals surface area contributed by atoms with E-state index in [0.29, 0.717) is 26.3 Å². The zero-order valence-electron chi connectivity index (χ0n) is 15.8. The van der Waals surface area contributed by atoms with Crippen LogP contribution >= 0.6 is 23.1 Å². The van der Waals surface area contributed by atoms with Crippen molar-refractivity contribution in [3.63, 3.8) is 0 Å². The van der Waals surface area contributed by atoms with Gasteiger partial charge in [-0.2, -0.15) is 4.37 Å². The fraction of sp³-hybridized carbons (Fsp3) is 0.389. The van der Waals surface area contributed by atoms with Gasteiger partial charge < -0.3 is 19.9 Å². The van der Waals surface area contributed by atoms with Crippen LogP contribution in [-0.2, 0) is 11.3 Å². The molecule has 12 heteroatoms. The third-order valence-corrected chi connectivity index (χ3v) is 5.28. The maximum Gasteiger partial charge on any atom is 0.344 e. The van der Waals surface area contributed by atoms with Crippen molar-refractivity contribution in [2.45, 2.75) is 6.61 Å². The summed E-state index contributed by atoms with van der Waals surface area (Å²) in [6.07, 6.45) is 0. The number of urea groups is 1. The van der Waals surface area contributed by atoms with E-state index in [-0.39, 0.29) is 33.6 Å². The number of carbonyl (C=O) groups excluding carboxylic acids is 1. The molecular formula is C18H20ClFN4O5S. The summed E-state index contributed by atoms with van der Waals surface area (Å²) in [5.74, 6) is -2.10. The molecule has 0 bridgehead atoms. The van der Waals surface area contributed by atoms with Gasteiger partial charge in [0.2, 0.25) is 5.88 Å². The van der Waals surface area contributed by atoms with E-state index in [1.54, 1.807) is 0 Å². The van der Waals surface area contributed by atoms with Gasteiger partial charge in [-0.1, -0.05) is 17.7 Å². The van der Waals surface area contributed by atoms with Gasteiger partial charge in [0.25, 0.3) is 0 Å². The van der Waals surface area contributed by atoms with Gasteiger partial charge in [-0.15, -0.1) is 0 Å². The lowest BCUT2D eigenvalue weighted by atomic mass is 10.2. The highest BCUT2D eigenvalue weighted by atomic mass is 35.5. The van der Waals surface area contributed by atoms with E-state index in [4.69, 9.17) is 21.1 Å². The van der Waals surface area contributed by atoms with Crippen molar-refractivity contribution in [3.8, 4) is 5.88 Å². The first-order valence-corrected chi connectivity index (χ1v) is 10.2. The van der Waals surface area contributed by atoms with Crippen LogP contribution in [0.25, 0.3) is 0 Å². The van der Waals surface area contributed by atoms with E-state index in [0.717, 1.165) is 30.7 Å². The van der Waals surface area contributed by atoms with Crippen molar-refractivity contribution in [1.82, 2.24) is 14.6 Å². The van der Waals surface area contributed by atoms with Gasteiger partial charge in [-0.3, -0.25) is 10.2 Å². The number of hydrogen-bond acceptors (Lipinski definition) is 7. The van der Waals surface area contributed by atoms with Gasteiger partial charge in [0.1, 0.15) is 17.4 Å². The van der Waals surface area contributed by atoms with Crippen LogP contribution in [0.5, 0.6) is 5.88 Å². The molecule has 0 radical (unpaired) electrons. The van der Waals surface area contributed by atoms with E-state index in [2.05, 4.69) is 19.9 Å². The summed E-state index contributed by atoms with van der Waals surface area (Å²) in [5.41, 5.74) is -0.100. The predicted octanol–water partition coefficient (Wildman–Crippen LogP) is 2.67. The summed E-state index contributed by atoms with van der Waals surface area (Å²) in [6.45, 7) is 3.75. The molecule has 0 saturated carbocycles. The Morgan fingerprint density at radius 3 is 2.83 bits per heavy atom. The Labute approximate surface area is 180 Å². The molecular weight excluding hydrogens is 439 g/mol. The molecule has 1 saturated heterocycles. The van der Waals surface area contributed by atoms with Gasteiger partial charge in [0.05, 0.1) is 13.2 Å². The van der Waals surface area contributed by atoms with E-state index >= 15 is 0 Å². The number of carboxylic acids is 1. The van der Waals surface area contributed by atoms with Crippen molar-refractivity contribution >= 4 is 40.1 Å². The number of morpholine rings is 1. The maximum absolute atomic E-state index is 13.9. The fourth-order valence-electron chi connectivity index (χ4n) is 2.73. The summed E-state index contributed by atoms with van der Waals surface area (Å²) in [4.78, 5) is 25.9. The van der Waals surface area contributed by atoms with Gasteiger partial charge >= 0.3 is 12.0 Å². The molecule has 0 spiro atoms. The average molecular weight is 459 g/mol. The second-order valence-electron chi connectivity index (χ2n) is 6.36. The minimum Gasteiger partial charge on any atom is -0.477 e. The topological polar surface area (TPSA) is 113 Å². The number of nitrogens with one attached hydrogen (secondary N) is 2. The lowest BCUT2D eigenvalue weighted by Gasteiger charge is -2.26. The van der Waals surface area contributed by atoms with Crippen LogP contribution in [0.15, 0.2) is 18.2 Å². The summed E-state index contributed by atoms with van der Waals surface area (Å²) < 4.78 is 28.4.